The molecular weight excluding hydrogens is 314 g/mol. The number of aromatic carboxylic acids is 1. The van der Waals surface area contributed by atoms with E-state index in [4.69, 9.17) is 5.11 Å². The van der Waals surface area contributed by atoms with E-state index in [1.165, 1.54) is 4.88 Å². The summed E-state index contributed by atoms with van der Waals surface area (Å²) in [7, 11) is 1.99. The maximum atomic E-state index is 10.8. The lowest BCUT2D eigenvalue weighted by atomic mass is 10.2. The number of carboxylic acids is 1. The summed E-state index contributed by atoms with van der Waals surface area (Å²) in [6.07, 6.45) is 0. The molecule has 1 aromatic heterocycles. The standard InChI is InChI=1S/C13H12BrNO2S/c1-15(8-11-6-7-12(14)18-11)10-4-2-9(3-5-10)13(16)17/h2-7H,8H2,1H3,(H,16,17). The largest absolute Gasteiger partial charge is 0.478 e. The zero-order chi connectivity index (χ0) is 13.1. The van der Waals surface area contributed by atoms with Crippen LogP contribution in [-0.4, -0.2) is 18.1 Å². The summed E-state index contributed by atoms with van der Waals surface area (Å²) in [5.41, 5.74) is 1.32. The van der Waals surface area contributed by atoms with Crippen LogP contribution in [0.25, 0.3) is 0 Å². The lowest BCUT2D eigenvalue weighted by molar-refractivity contribution is 0.0697. The second-order valence-electron chi connectivity index (χ2n) is 3.91. The predicted octanol–water partition coefficient (Wildman–Crippen LogP) is 3.85. The van der Waals surface area contributed by atoms with Gasteiger partial charge in [0, 0.05) is 17.6 Å². The van der Waals surface area contributed by atoms with E-state index in [0.717, 1.165) is 16.0 Å². The molecule has 0 amide bonds. The van der Waals surface area contributed by atoms with Crippen LogP contribution in [0.4, 0.5) is 5.69 Å². The van der Waals surface area contributed by atoms with E-state index in [9.17, 15) is 4.79 Å². The molecule has 0 aliphatic heterocycles. The maximum Gasteiger partial charge on any atom is 0.335 e. The molecule has 1 N–H and O–H groups in total. The highest BCUT2D eigenvalue weighted by atomic mass is 79.9. The van der Waals surface area contributed by atoms with Gasteiger partial charge in [0.1, 0.15) is 0 Å². The molecule has 0 spiro atoms. The Morgan fingerprint density at radius 1 is 1.28 bits per heavy atom. The molecule has 2 aromatic rings. The van der Waals surface area contributed by atoms with Crippen LogP contribution in [-0.2, 0) is 6.54 Å². The zero-order valence-corrected chi connectivity index (χ0v) is 12.2. The molecule has 3 nitrogen and oxygen atoms in total. The van der Waals surface area contributed by atoms with Gasteiger partial charge in [-0.05, 0) is 52.3 Å². The minimum atomic E-state index is -0.897. The molecule has 5 heteroatoms. The molecule has 0 atom stereocenters. The Kier molecular flexibility index (Phi) is 4.04. The summed E-state index contributed by atoms with van der Waals surface area (Å²) >= 11 is 5.14. The number of hydrogen-bond donors (Lipinski definition) is 1. The van der Waals surface area contributed by atoms with Crippen molar-refractivity contribution >= 4 is 38.9 Å². The molecule has 2 rings (SSSR count). The van der Waals surface area contributed by atoms with Gasteiger partial charge in [-0.15, -0.1) is 11.3 Å². The average Bonchev–Trinajstić information content (AvgIpc) is 2.75. The summed E-state index contributed by atoms with van der Waals surface area (Å²) < 4.78 is 1.12. The van der Waals surface area contributed by atoms with Crippen molar-refractivity contribution in [2.75, 3.05) is 11.9 Å². The van der Waals surface area contributed by atoms with E-state index in [2.05, 4.69) is 26.9 Å². The highest BCUT2D eigenvalue weighted by Gasteiger charge is 2.06. The first-order chi connectivity index (χ1) is 8.56. The van der Waals surface area contributed by atoms with Gasteiger partial charge in [-0.1, -0.05) is 0 Å². The van der Waals surface area contributed by atoms with Crippen LogP contribution in [0.15, 0.2) is 40.2 Å². The minimum Gasteiger partial charge on any atom is -0.478 e. The zero-order valence-electron chi connectivity index (χ0n) is 9.76. The van der Waals surface area contributed by atoms with Gasteiger partial charge in [0.2, 0.25) is 0 Å². The average molecular weight is 326 g/mol. The van der Waals surface area contributed by atoms with Gasteiger partial charge in [-0.3, -0.25) is 0 Å². The van der Waals surface area contributed by atoms with Gasteiger partial charge in [-0.2, -0.15) is 0 Å². The van der Waals surface area contributed by atoms with Crippen molar-refractivity contribution in [1.82, 2.24) is 0 Å². The summed E-state index contributed by atoms with van der Waals surface area (Å²) in [4.78, 5) is 14.1. The van der Waals surface area contributed by atoms with E-state index >= 15 is 0 Å². The first-order valence-corrected chi connectivity index (χ1v) is 6.96. The van der Waals surface area contributed by atoms with Gasteiger partial charge < -0.3 is 10.0 Å². The topological polar surface area (TPSA) is 40.5 Å². The van der Waals surface area contributed by atoms with Crippen LogP contribution in [0.2, 0.25) is 0 Å². The van der Waals surface area contributed by atoms with Crippen LogP contribution >= 0.6 is 27.3 Å². The molecule has 0 saturated carbocycles. The van der Waals surface area contributed by atoms with Crippen LogP contribution in [0.5, 0.6) is 0 Å². The van der Waals surface area contributed by atoms with Crippen LogP contribution in [0, 0.1) is 0 Å². The number of carbonyl (C=O) groups is 1. The van der Waals surface area contributed by atoms with Crippen molar-refractivity contribution in [3.8, 4) is 0 Å². The molecule has 0 unspecified atom stereocenters. The van der Waals surface area contributed by atoms with E-state index < -0.39 is 5.97 Å². The van der Waals surface area contributed by atoms with E-state index in [-0.39, 0.29) is 0 Å². The van der Waals surface area contributed by atoms with Crippen molar-refractivity contribution in [2.24, 2.45) is 0 Å². The number of rotatable bonds is 4. The summed E-state index contributed by atoms with van der Waals surface area (Å²) in [5.74, 6) is -0.897. The van der Waals surface area contributed by atoms with E-state index in [1.807, 2.05) is 25.2 Å². The number of nitrogens with zero attached hydrogens (tertiary/aromatic N) is 1. The van der Waals surface area contributed by atoms with Gasteiger partial charge >= 0.3 is 5.97 Å². The van der Waals surface area contributed by atoms with Gasteiger partial charge in [0.05, 0.1) is 15.9 Å². The SMILES string of the molecule is CN(Cc1ccc(Br)s1)c1ccc(C(=O)O)cc1. The predicted molar refractivity (Wildman–Crippen MR) is 77.5 cm³/mol. The monoisotopic (exact) mass is 325 g/mol. The third kappa shape index (κ3) is 3.11. The third-order valence-corrected chi connectivity index (χ3v) is 4.19. The Labute approximate surface area is 118 Å². The van der Waals surface area contributed by atoms with E-state index in [1.54, 1.807) is 23.5 Å². The summed E-state index contributed by atoms with van der Waals surface area (Å²) in [6, 6.07) is 11.0. The first kappa shape index (κ1) is 13.1. The second kappa shape index (κ2) is 5.54. The molecule has 94 valence electrons. The molecule has 0 radical (unpaired) electrons. The lowest BCUT2D eigenvalue weighted by Gasteiger charge is -2.18. The fraction of sp³-hybridized carbons (Fsp3) is 0.154. The number of halogens is 1. The molecule has 1 heterocycles. The summed E-state index contributed by atoms with van der Waals surface area (Å²) in [6.45, 7) is 0.808. The third-order valence-electron chi connectivity index (χ3n) is 2.58. The van der Waals surface area contributed by atoms with Crippen molar-refractivity contribution in [3.63, 3.8) is 0 Å². The summed E-state index contributed by atoms with van der Waals surface area (Å²) in [5, 5.41) is 8.84. The molecule has 0 aliphatic rings. The van der Waals surface area contributed by atoms with Crippen LogP contribution in [0.3, 0.4) is 0 Å². The lowest BCUT2D eigenvalue weighted by Crippen LogP contribution is -2.15. The number of anilines is 1. The van der Waals surface area contributed by atoms with Crippen molar-refractivity contribution < 1.29 is 9.90 Å². The van der Waals surface area contributed by atoms with Gasteiger partial charge in [-0.25, -0.2) is 4.79 Å². The van der Waals surface area contributed by atoms with Crippen molar-refractivity contribution in [3.05, 3.63) is 50.6 Å². The first-order valence-electron chi connectivity index (χ1n) is 5.35. The molecular formula is C13H12BrNO2S. The second-order valence-corrected chi connectivity index (χ2v) is 6.46. The quantitative estimate of drug-likeness (QED) is 0.928. The van der Waals surface area contributed by atoms with Gasteiger partial charge in [0.25, 0.3) is 0 Å². The number of hydrogen-bond acceptors (Lipinski definition) is 3. The molecule has 0 fully saturated rings. The Morgan fingerprint density at radius 2 is 1.94 bits per heavy atom. The van der Waals surface area contributed by atoms with E-state index in [0.29, 0.717) is 5.56 Å². The number of benzene rings is 1. The number of carboxylic acid groups (broad SMARTS) is 1. The molecule has 18 heavy (non-hydrogen) atoms. The highest BCUT2D eigenvalue weighted by molar-refractivity contribution is 9.11. The Morgan fingerprint density at radius 3 is 2.44 bits per heavy atom. The smallest absolute Gasteiger partial charge is 0.335 e. The minimum absolute atomic E-state index is 0.311. The Balaban J connectivity index is 2.09. The Hall–Kier alpha value is -1.33. The highest BCUT2D eigenvalue weighted by Crippen LogP contribution is 2.24. The fourth-order valence-electron chi connectivity index (χ4n) is 1.62. The van der Waals surface area contributed by atoms with Crippen LogP contribution in [0.1, 0.15) is 15.2 Å². The molecule has 0 aliphatic carbocycles. The molecule has 0 saturated heterocycles. The van der Waals surface area contributed by atoms with Crippen molar-refractivity contribution in [1.29, 1.82) is 0 Å². The Bertz CT molecular complexity index is 550. The number of thiophene rings is 1. The van der Waals surface area contributed by atoms with Crippen molar-refractivity contribution in [2.45, 2.75) is 6.54 Å². The normalized spacial score (nSPS) is 10.3. The fourth-order valence-corrected chi connectivity index (χ4v) is 3.16. The molecule has 0 bridgehead atoms. The van der Waals surface area contributed by atoms with Crippen LogP contribution < -0.4 is 4.90 Å². The van der Waals surface area contributed by atoms with Gasteiger partial charge in [0.15, 0.2) is 0 Å². The molecule has 1 aromatic carbocycles. The maximum absolute atomic E-state index is 10.8.